The average molecular weight is 467 g/mol. The molecule has 0 bridgehead atoms. The van der Waals surface area contributed by atoms with Gasteiger partial charge in [0.1, 0.15) is 5.75 Å². The fourth-order valence-electron chi connectivity index (χ4n) is 5.89. The van der Waals surface area contributed by atoms with Gasteiger partial charge in [-0.25, -0.2) is 4.79 Å². The highest BCUT2D eigenvalue weighted by atomic mass is 16.4. The molecule has 1 aliphatic carbocycles. The lowest BCUT2D eigenvalue weighted by Crippen LogP contribution is -2.30. The molecule has 0 unspecified atom stereocenters. The van der Waals surface area contributed by atoms with Crippen LogP contribution in [0.25, 0.3) is 22.8 Å². The van der Waals surface area contributed by atoms with Crippen LogP contribution < -0.4 is 0 Å². The fourth-order valence-corrected chi connectivity index (χ4v) is 5.89. The van der Waals surface area contributed by atoms with Crippen LogP contribution >= 0.6 is 0 Å². The van der Waals surface area contributed by atoms with E-state index in [1.165, 1.54) is 11.6 Å². The van der Waals surface area contributed by atoms with Crippen LogP contribution in [0.3, 0.4) is 0 Å². The minimum atomic E-state index is -0.972. The Morgan fingerprint density at radius 3 is 2.06 bits per heavy atom. The lowest BCUT2D eigenvalue weighted by atomic mass is 9.62. The van der Waals surface area contributed by atoms with E-state index in [1.54, 1.807) is 18.2 Å². The van der Waals surface area contributed by atoms with Crippen LogP contribution in [0.15, 0.2) is 84.4 Å². The van der Waals surface area contributed by atoms with Crippen LogP contribution in [-0.2, 0) is 4.79 Å². The van der Waals surface area contributed by atoms with Crippen molar-refractivity contribution in [1.29, 1.82) is 0 Å². The Bertz CT molecular complexity index is 1260. The maximum atomic E-state index is 11.5. The van der Waals surface area contributed by atoms with E-state index < -0.39 is 5.97 Å². The van der Waals surface area contributed by atoms with Gasteiger partial charge in [0.2, 0.25) is 0 Å². The highest BCUT2D eigenvalue weighted by Gasteiger charge is 2.37. The molecule has 3 heteroatoms. The molecule has 0 aliphatic heterocycles. The summed E-state index contributed by atoms with van der Waals surface area (Å²) in [7, 11) is 0. The Kier molecular flexibility index (Phi) is 6.71. The number of hydrogen-bond donors (Lipinski definition) is 2. The fraction of sp³-hybridized carbons (Fsp3) is 0.281. The van der Waals surface area contributed by atoms with Gasteiger partial charge in [0, 0.05) is 6.08 Å². The summed E-state index contributed by atoms with van der Waals surface area (Å²) in [5.41, 5.74) is 7.85. The topological polar surface area (TPSA) is 57.5 Å². The number of rotatable bonds is 5. The van der Waals surface area contributed by atoms with Gasteiger partial charge in [0.25, 0.3) is 0 Å². The molecule has 1 saturated carbocycles. The predicted molar refractivity (Wildman–Crippen MR) is 144 cm³/mol. The highest BCUT2D eigenvalue weighted by Crippen LogP contribution is 2.51. The summed E-state index contributed by atoms with van der Waals surface area (Å²) < 4.78 is 0. The number of carbonyl (C=O) groups is 1. The van der Waals surface area contributed by atoms with Crippen molar-refractivity contribution in [3.8, 4) is 16.9 Å². The molecular formula is C32H34O3. The molecule has 0 spiro atoms. The molecule has 4 rings (SSSR count). The number of phenols is 1. The van der Waals surface area contributed by atoms with Gasteiger partial charge in [-0.15, -0.1) is 0 Å². The number of phenolic OH excluding ortho intramolecular Hbond substituents is 1. The quantitative estimate of drug-likeness (QED) is 0.373. The van der Waals surface area contributed by atoms with Crippen LogP contribution in [0.1, 0.15) is 63.6 Å². The first kappa shape index (κ1) is 24.5. The van der Waals surface area contributed by atoms with Crippen molar-refractivity contribution in [2.75, 3.05) is 0 Å². The molecule has 0 amide bonds. The number of benzene rings is 3. The van der Waals surface area contributed by atoms with Crippen LogP contribution in [-0.4, -0.2) is 16.2 Å². The molecule has 1 fully saturated rings. The van der Waals surface area contributed by atoms with E-state index in [1.807, 2.05) is 30.3 Å². The molecule has 2 N–H and O–H groups in total. The Morgan fingerprint density at radius 1 is 0.829 bits per heavy atom. The Hall–Kier alpha value is -3.59. The first-order chi connectivity index (χ1) is 16.5. The number of hydrogen-bond acceptors (Lipinski definition) is 2. The molecule has 0 aromatic heterocycles. The summed E-state index contributed by atoms with van der Waals surface area (Å²) in [5, 5.41) is 19.4. The first-order valence-corrected chi connectivity index (χ1v) is 12.2. The lowest BCUT2D eigenvalue weighted by Gasteiger charge is -2.43. The molecule has 1 aliphatic rings. The largest absolute Gasteiger partial charge is 0.508 e. The summed E-state index contributed by atoms with van der Waals surface area (Å²) in [6, 6.07) is 23.8. The van der Waals surface area contributed by atoms with Crippen molar-refractivity contribution in [3.63, 3.8) is 0 Å². The Morgan fingerprint density at radius 2 is 1.46 bits per heavy atom. The molecule has 180 valence electrons. The zero-order chi connectivity index (χ0) is 25.2. The SMILES string of the molecule is CC1(C)CC(=C(c2ccc(O)cc2)c2ccc(-c3ccccc3)cc2/C=C/C(=O)O)CC(C)(C)C1. The second-order valence-electron chi connectivity index (χ2n) is 11.2. The summed E-state index contributed by atoms with van der Waals surface area (Å²) in [5.74, 6) is -0.743. The third-order valence-corrected chi connectivity index (χ3v) is 6.68. The van der Waals surface area contributed by atoms with E-state index >= 15 is 0 Å². The third kappa shape index (κ3) is 5.92. The van der Waals surface area contributed by atoms with Crippen molar-refractivity contribution in [2.45, 2.75) is 47.0 Å². The maximum Gasteiger partial charge on any atom is 0.328 e. The lowest BCUT2D eigenvalue weighted by molar-refractivity contribution is -0.131. The van der Waals surface area contributed by atoms with Gasteiger partial charge >= 0.3 is 5.97 Å². The Balaban J connectivity index is 1.98. The minimum absolute atomic E-state index is 0.153. The molecule has 0 heterocycles. The van der Waals surface area contributed by atoms with Crippen molar-refractivity contribution in [1.82, 2.24) is 0 Å². The van der Waals surface area contributed by atoms with E-state index in [0.29, 0.717) is 0 Å². The van der Waals surface area contributed by atoms with Gasteiger partial charge in [-0.3, -0.25) is 0 Å². The van der Waals surface area contributed by atoms with E-state index in [2.05, 4.69) is 58.0 Å². The molecule has 3 aromatic rings. The summed E-state index contributed by atoms with van der Waals surface area (Å²) >= 11 is 0. The van der Waals surface area contributed by atoms with Crippen LogP contribution in [0.4, 0.5) is 0 Å². The van der Waals surface area contributed by atoms with E-state index in [0.717, 1.165) is 52.7 Å². The van der Waals surface area contributed by atoms with Crippen molar-refractivity contribution in [3.05, 3.63) is 101 Å². The molecular weight excluding hydrogens is 432 g/mol. The number of allylic oxidation sites excluding steroid dienone is 1. The third-order valence-electron chi connectivity index (χ3n) is 6.68. The van der Waals surface area contributed by atoms with E-state index in [4.69, 9.17) is 0 Å². The standard InChI is InChI=1S/C32H34O3/c1-31(2)19-26(20-32(3,4)21-31)30(23-10-14-27(33)15-11-23)28-16-12-24(22-8-6-5-7-9-22)18-25(28)13-17-29(34)35/h5-18,33H,19-21H2,1-4H3,(H,34,35)/b17-13+. The van der Waals surface area contributed by atoms with Gasteiger partial charge in [0.15, 0.2) is 0 Å². The molecule has 3 aromatic carbocycles. The van der Waals surface area contributed by atoms with Crippen LogP contribution in [0.2, 0.25) is 0 Å². The number of carboxylic acids is 1. The molecule has 3 nitrogen and oxygen atoms in total. The number of carboxylic acid groups (broad SMARTS) is 1. The predicted octanol–water partition coefficient (Wildman–Crippen LogP) is 8.20. The normalized spacial score (nSPS) is 16.9. The second-order valence-corrected chi connectivity index (χ2v) is 11.2. The summed E-state index contributed by atoms with van der Waals surface area (Å²) in [6.07, 6.45) is 5.99. The van der Waals surface area contributed by atoms with Gasteiger partial charge in [0.05, 0.1) is 0 Å². The summed E-state index contributed by atoms with van der Waals surface area (Å²) in [4.78, 5) is 11.5. The monoisotopic (exact) mass is 466 g/mol. The molecule has 0 atom stereocenters. The van der Waals surface area contributed by atoms with E-state index in [-0.39, 0.29) is 16.6 Å². The number of aliphatic carboxylic acids is 1. The zero-order valence-electron chi connectivity index (χ0n) is 21.0. The molecule has 0 radical (unpaired) electrons. The highest BCUT2D eigenvalue weighted by molar-refractivity contribution is 5.91. The summed E-state index contributed by atoms with van der Waals surface area (Å²) in [6.45, 7) is 9.30. The van der Waals surface area contributed by atoms with Crippen LogP contribution in [0, 0.1) is 10.8 Å². The average Bonchev–Trinajstić information content (AvgIpc) is 2.78. The Labute approximate surface area is 208 Å². The maximum absolute atomic E-state index is 11.5. The van der Waals surface area contributed by atoms with Crippen LogP contribution in [0.5, 0.6) is 5.75 Å². The molecule has 35 heavy (non-hydrogen) atoms. The van der Waals surface area contributed by atoms with Gasteiger partial charge in [-0.1, -0.05) is 87.9 Å². The second kappa shape index (κ2) is 9.58. The van der Waals surface area contributed by atoms with Gasteiger partial charge in [-0.2, -0.15) is 0 Å². The minimum Gasteiger partial charge on any atom is -0.508 e. The van der Waals surface area contributed by atoms with Crippen molar-refractivity contribution < 1.29 is 15.0 Å². The van der Waals surface area contributed by atoms with Gasteiger partial charge < -0.3 is 10.2 Å². The zero-order valence-corrected chi connectivity index (χ0v) is 21.0. The van der Waals surface area contributed by atoms with Crippen molar-refractivity contribution in [2.24, 2.45) is 10.8 Å². The smallest absolute Gasteiger partial charge is 0.328 e. The molecule has 0 saturated heterocycles. The number of aromatic hydroxyl groups is 1. The first-order valence-electron chi connectivity index (χ1n) is 12.2. The van der Waals surface area contributed by atoms with E-state index in [9.17, 15) is 15.0 Å². The van der Waals surface area contributed by atoms with Gasteiger partial charge in [-0.05, 0) is 87.8 Å². The van der Waals surface area contributed by atoms with Crippen molar-refractivity contribution >= 4 is 17.6 Å².